The highest BCUT2D eigenvalue weighted by atomic mass is 35.5. The molecular formula is C13H10Cl3N3O. The number of carbonyl (C=O) groups excluding carboxylic acids is 1. The molecule has 1 aromatic carbocycles. The van der Waals surface area contributed by atoms with Crippen LogP contribution in [0.15, 0.2) is 36.5 Å². The van der Waals surface area contributed by atoms with E-state index in [9.17, 15) is 4.79 Å². The summed E-state index contributed by atoms with van der Waals surface area (Å²) < 4.78 is 0. The van der Waals surface area contributed by atoms with Crippen LogP contribution in [0, 0.1) is 0 Å². The van der Waals surface area contributed by atoms with Gasteiger partial charge in [0.15, 0.2) is 0 Å². The Labute approximate surface area is 131 Å². The van der Waals surface area contributed by atoms with Gasteiger partial charge in [-0.2, -0.15) is 0 Å². The van der Waals surface area contributed by atoms with E-state index in [0.29, 0.717) is 26.6 Å². The Balaban J connectivity index is 1.88. The number of benzene rings is 1. The summed E-state index contributed by atoms with van der Waals surface area (Å²) in [5.41, 5.74) is 0.707. The van der Waals surface area contributed by atoms with Gasteiger partial charge in [0, 0.05) is 11.9 Å². The molecule has 0 aliphatic heterocycles. The number of aromatic nitrogens is 1. The molecule has 0 aliphatic carbocycles. The number of pyridine rings is 1. The van der Waals surface area contributed by atoms with E-state index in [0.717, 1.165) is 0 Å². The molecule has 2 N–H and O–H groups in total. The van der Waals surface area contributed by atoms with E-state index in [2.05, 4.69) is 15.6 Å². The van der Waals surface area contributed by atoms with Crippen molar-refractivity contribution >= 4 is 52.2 Å². The lowest BCUT2D eigenvalue weighted by Gasteiger charge is -2.08. The molecule has 0 fully saturated rings. The monoisotopic (exact) mass is 329 g/mol. The summed E-state index contributed by atoms with van der Waals surface area (Å²) in [4.78, 5) is 15.7. The number of nitrogens with zero attached hydrogens (tertiary/aromatic N) is 1. The molecule has 1 heterocycles. The molecule has 104 valence electrons. The predicted molar refractivity (Wildman–Crippen MR) is 82.8 cm³/mol. The van der Waals surface area contributed by atoms with Crippen LogP contribution in [-0.4, -0.2) is 17.4 Å². The fourth-order valence-electron chi connectivity index (χ4n) is 1.43. The normalized spacial score (nSPS) is 10.2. The number of hydrogen-bond donors (Lipinski definition) is 2. The SMILES string of the molecule is O=C(CNc1ccc(Cl)c(Cl)c1)Nc1ccc(Cl)cn1. The van der Waals surface area contributed by atoms with Gasteiger partial charge in [-0.3, -0.25) is 4.79 Å². The lowest BCUT2D eigenvalue weighted by molar-refractivity contribution is -0.114. The van der Waals surface area contributed by atoms with Crippen LogP contribution in [0.1, 0.15) is 0 Å². The Kier molecular flexibility index (Phi) is 5.06. The third-order valence-corrected chi connectivity index (χ3v) is 3.33. The molecule has 0 saturated heterocycles. The predicted octanol–water partition coefficient (Wildman–Crippen LogP) is 4.09. The van der Waals surface area contributed by atoms with E-state index in [-0.39, 0.29) is 12.5 Å². The average molecular weight is 331 g/mol. The summed E-state index contributed by atoms with van der Waals surface area (Å²) in [6.45, 7) is 0.0856. The number of amides is 1. The lowest BCUT2D eigenvalue weighted by Crippen LogP contribution is -2.22. The lowest BCUT2D eigenvalue weighted by atomic mass is 10.3. The Morgan fingerprint density at radius 3 is 2.55 bits per heavy atom. The van der Waals surface area contributed by atoms with Crippen molar-refractivity contribution < 1.29 is 4.79 Å². The van der Waals surface area contributed by atoms with Gasteiger partial charge < -0.3 is 10.6 Å². The molecule has 20 heavy (non-hydrogen) atoms. The first-order chi connectivity index (χ1) is 9.54. The second-order valence-electron chi connectivity index (χ2n) is 3.89. The first kappa shape index (κ1) is 14.9. The minimum absolute atomic E-state index is 0.0856. The zero-order chi connectivity index (χ0) is 14.5. The molecule has 1 aromatic heterocycles. The largest absolute Gasteiger partial charge is 0.376 e. The third kappa shape index (κ3) is 4.27. The maximum Gasteiger partial charge on any atom is 0.244 e. The average Bonchev–Trinajstić information content (AvgIpc) is 2.43. The van der Waals surface area contributed by atoms with Gasteiger partial charge in [0.2, 0.25) is 5.91 Å². The van der Waals surface area contributed by atoms with E-state index in [1.807, 2.05) is 0 Å². The quantitative estimate of drug-likeness (QED) is 0.887. The van der Waals surface area contributed by atoms with Crippen molar-refractivity contribution in [3.63, 3.8) is 0 Å². The second-order valence-corrected chi connectivity index (χ2v) is 5.14. The molecule has 2 aromatic rings. The van der Waals surface area contributed by atoms with Crippen LogP contribution in [0.25, 0.3) is 0 Å². The van der Waals surface area contributed by atoms with Gasteiger partial charge >= 0.3 is 0 Å². The summed E-state index contributed by atoms with van der Waals surface area (Å²) in [5, 5.41) is 6.97. The van der Waals surface area contributed by atoms with E-state index in [1.54, 1.807) is 30.3 Å². The van der Waals surface area contributed by atoms with Crippen LogP contribution in [0.3, 0.4) is 0 Å². The maximum atomic E-state index is 11.7. The fourth-order valence-corrected chi connectivity index (χ4v) is 1.84. The zero-order valence-corrected chi connectivity index (χ0v) is 12.4. The van der Waals surface area contributed by atoms with Crippen molar-refractivity contribution in [1.29, 1.82) is 0 Å². The summed E-state index contributed by atoms with van der Waals surface area (Å²) in [7, 11) is 0. The van der Waals surface area contributed by atoms with Crippen molar-refractivity contribution in [2.75, 3.05) is 17.2 Å². The van der Waals surface area contributed by atoms with Crippen molar-refractivity contribution in [1.82, 2.24) is 4.98 Å². The number of anilines is 2. The van der Waals surface area contributed by atoms with Gasteiger partial charge in [0.1, 0.15) is 5.82 Å². The first-order valence-corrected chi connectivity index (χ1v) is 6.78. The van der Waals surface area contributed by atoms with Crippen LogP contribution < -0.4 is 10.6 Å². The topological polar surface area (TPSA) is 54.0 Å². The molecule has 0 bridgehead atoms. The molecule has 0 spiro atoms. The highest BCUT2D eigenvalue weighted by Gasteiger charge is 2.04. The zero-order valence-electron chi connectivity index (χ0n) is 10.2. The van der Waals surface area contributed by atoms with Gasteiger partial charge in [-0.1, -0.05) is 34.8 Å². The number of halogens is 3. The fraction of sp³-hybridized carbons (Fsp3) is 0.0769. The minimum Gasteiger partial charge on any atom is -0.376 e. The Morgan fingerprint density at radius 2 is 1.90 bits per heavy atom. The molecule has 0 saturated carbocycles. The molecule has 0 radical (unpaired) electrons. The molecule has 0 aliphatic rings. The molecular weight excluding hydrogens is 321 g/mol. The molecule has 2 rings (SSSR count). The molecule has 1 amide bonds. The summed E-state index contributed by atoms with van der Waals surface area (Å²) in [6.07, 6.45) is 1.46. The van der Waals surface area contributed by atoms with Crippen molar-refractivity contribution in [3.05, 3.63) is 51.6 Å². The Hall–Kier alpha value is -1.49. The standard InChI is InChI=1S/C13H10Cl3N3O/c14-8-1-4-12(18-6-8)19-13(20)7-17-9-2-3-10(15)11(16)5-9/h1-6,17H,7H2,(H,18,19,20). The third-order valence-electron chi connectivity index (χ3n) is 2.37. The van der Waals surface area contributed by atoms with Crippen molar-refractivity contribution in [2.24, 2.45) is 0 Å². The van der Waals surface area contributed by atoms with E-state index >= 15 is 0 Å². The second kappa shape index (κ2) is 6.79. The van der Waals surface area contributed by atoms with Gasteiger partial charge in [-0.25, -0.2) is 4.98 Å². The van der Waals surface area contributed by atoms with Gasteiger partial charge in [-0.15, -0.1) is 0 Å². The van der Waals surface area contributed by atoms with Crippen LogP contribution in [0.2, 0.25) is 15.1 Å². The molecule has 4 nitrogen and oxygen atoms in total. The summed E-state index contributed by atoms with van der Waals surface area (Å²) >= 11 is 17.4. The summed E-state index contributed by atoms with van der Waals surface area (Å²) in [5.74, 6) is 0.209. The van der Waals surface area contributed by atoms with Gasteiger partial charge in [-0.05, 0) is 30.3 Å². The smallest absolute Gasteiger partial charge is 0.244 e. The van der Waals surface area contributed by atoms with Crippen LogP contribution >= 0.6 is 34.8 Å². The first-order valence-electron chi connectivity index (χ1n) is 5.65. The van der Waals surface area contributed by atoms with E-state index in [1.165, 1.54) is 6.20 Å². The summed E-state index contributed by atoms with van der Waals surface area (Å²) in [6, 6.07) is 8.32. The number of rotatable bonds is 4. The van der Waals surface area contributed by atoms with E-state index in [4.69, 9.17) is 34.8 Å². The highest BCUT2D eigenvalue weighted by molar-refractivity contribution is 6.42. The van der Waals surface area contributed by atoms with Gasteiger partial charge in [0.25, 0.3) is 0 Å². The molecule has 0 unspecified atom stereocenters. The molecule has 7 heteroatoms. The number of carbonyl (C=O) groups is 1. The number of hydrogen-bond acceptors (Lipinski definition) is 3. The Bertz CT molecular complexity index is 617. The van der Waals surface area contributed by atoms with E-state index < -0.39 is 0 Å². The van der Waals surface area contributed by atoms with Gasteiger partial charge in [0.05, 0.1) is 21.6 Å². The highest BCUT2D eigenvalue weighted by Crippen LogP contribution is 2.24. The van der Waals surface area contributed by atoms with Crippen molar-refractivity contribution in [2.45, 2.75) is 0 Å². The van der Waals surface area contributed by atoms with Crippen molar-refractivity contribution in [3.8, 4) is 0 Å². The Morgan fingerprint density at radius 1 is 1.10 bits per heavy atom. The van der Waals surface area contributed by atoms with Crippen LogP contribution in [0.4, 0.5) is 11.5 Å². The number of nitrogens with one attached hydrogen (secondary N) is 2. The maximum absolute atomic E-state index is 11.7. The minimum atomic E-state index is -0.231. The van der Waals surface area contributed by atoms with Crippen LogP contribution in [-0.2, 0) is 4.79 Å². The van der Waals surface area contributed by atoms with Crippen LogP contribution in [0.5, 0.6) is 0 Å². The molecule has 0 atom stereocenters.